The van der Waals surface area contributed by atoms with E-state index in [2.05, 4.69) is 52.7 Å². The summed E-state index contributed by atoms with van der Waals surface area (Å²) in [5.74, 6) is -1.22. The van der Waals surface area contributed by atoms with Crippen molar-refractivity contribution in [3.63, 3.8) is 0 Å². The first-order valence-electron chi connectivity index (χ1n) is 13.4. The van der Waals surface area contributed by atoms with Crippen LogP contribution in [0.1, 0.15) is 30.9 Å². The maximum absolute atomic E-state index is 13.0. The number of aliphatic carboxylic acids is 1. The molecular formula is C33H32N2O4S. The summed E-state index contributed by atoms with van der Waals surface area (Å²) in [7, 11) is -4.02. The van der Waals surface area contributed by atoms with Gasteiger partial charge in [0.1, 0.15) is 6.04 Å². The van der Waals surface area contributed by atoms with Gasteiger partial charge in [0, 0.05) is 23.5 Å². The molecule has 2 heterocycles. The summed E-state index contributed by atoms with van der Waals surface area (Å²) >= 11 is 0. The number of hydrogen-bond acceptors (Lipinski definition) is 3. The molecule has 204 valence electrons. The zero-order valence-electron chi connectivity index (χ0n) is 22.3. The third kappa shape index (κ3) is 6.01. The Balaban J connectivity index is 1.35. The van der Waals surface area contributed by atoms with Crippen LogP contribution in [0, 0.1) is 0 Å². The van der Waals surface area contributed by atoms with Gasteiger partial charge in [0.2, 0.25) is 10.0 Å². The fraction of sp³-hybridized carbons (Fsp3) is 0.182. The number of rotatable bonds is 11. The number of aryl methyl sites for hydroxylation is 1. The summed E-state index contributed by atoms with van der Waals surface area (Å²) in [6.45, 7) is 2.20. The Labute approximate surface area is 235 Å². The molecule has 0 amide bonds. The molecule has 0 fully saturated rings. The lowest BCUT2D eigenvalue weighted by Crippen LogP contribution is -2.42. The van der Waals surface area contributed by atoms with E-state index >= 15 is 0 Å². The van der Waals surface area contributed by atoms with Crippen LogP contribution in [0.25, 0.3) is 27.8 Å². The highest BCUT2D eigenvalue weighted by atomic mass is 32.2. The highest BCUT2D eigenvalue weighted by Gasteiger charge is 2.25. The van der Waals surface area contributed by atoms with Crippen molar-refractivity contribution < 1.29 is 18.3 Å². The Morgan fingerprint density at radius 1 is 0.850 bits per heavy atom. The maximum atomic E-state index is 13.0. The topological polar surface area (TPSA) is 87.9 Å². The number of nitrogens with one attached hydrogen (secondary N) is 1. The third-order valence-corrected chi connectivity index (χ3v) is 8.63. The first kappa shape index (κ1) is 27.4. The molecule has 6 nitrogen and oxygen atoms in total. The number of pyridine rings is 1. The van der Waals surface area contributed by atoms with Crippen molar-refractivity contribution in [1.29, 1.82) is 0 Å². The first-order valence-corrected chi connectivity index (χ1v) is 14.9. The number of carboxylic acids is 1. The molecule has 1 atom stereocenters. The highest BCUT2D eigenvalue weighted by molar-refractivity contribution is 7.89. The summed E-state index contributed by atoms with van der Waals surface area (Å²) in [5, 5.41) is 9.61. The van der Waals surface area contributed by atoms with E-state index in [0.29, 0.717) is 0 Å². The van der Waals surface area contributed by atoms with Crippen molar-refractivity contribution >= 4 is 21.5 Å². The summed E-state index contributed by atoms with van der Waals surface area (Å²) < 4.78 is 30.5. The van der Waals surface area contributed by atoms with E-state index in [1.165, 1.54) is 28.8 Å². The molecule has 2 aromatic heterocycles. The Morgan fingerprint density at radius 2 is 1.48 bits per heavy atom. The van der Waals surface area contributed by atoms with Crippen LogP contribution in [0.2, 0.25) is 0 Å². The number of nitrogens with zero attached hydrogens (tertiary/aromatic N) is 1. The number of carbonyl (C=O) groups is 1. The van der Waals surface area contributed by atoms with E-state index in [0.717, 1.165) is 41.5 Å². The van der Waals surface area contributed by atoms with Crippen molar-refractivity contribution in [2.75, 3.05) is 0 Å². The van der Waals surface area contributed by atoms with Crippen molar-refractivity contribution in [3.8, 4) is 22.3 Å². The molecule has 7 heteroatoms. The van der Waals surface area contributed by atoms with Crippen LogP contribution >= 0.6 is 0 Å². The predicted molar refractivity (Wildman–Crippen MR) is 159 cm³/mol. The summed E-state index contributed by atoms with van der Waals surface area (Å²) in [6, 6.07) is 28.8. The van der Waals surface area contributed by atoms with Gasteiger partial charge in [-0.05, 0) is 71.3 Å². The van der Waals surface area contributed by atoms with E-state index in [-0.39, 0.29) is 11.3 Å². The van der Waals surface area contributed by atoms with Crippen LogP contribution in [-0.4, -0.2) is 29.9 Å². The normalized spacial score (nSPS) is 12.4. The van der Waals surface area contributed by atoms with Crippen LogP contribution in [0.3, 0.4) is 0 Å². The van der Waals surface area contributed by atoms with E-state index in [4.69, 9.17) is 0 Å². The van der Waals surface area contributed by atoms with Gasteiger partial charge in [0.15, 0.2) is 0 Å². The molecule has 0 radical (unpaired) electrons. The van der Waals surface area contributed by atoms with Gasteiger partial charge in [-0.1, -0.05) is 86.1 Å². The lowest BCUT2D eigenvalue weighted by molar-refractivity contribution is -0.138. The molecule has 5 rings (SSSR count). The largest absolute Gasteiger partial charge is 0.480 e. The van der Waals surface area contributed by atoms with E-state index in [1.54, 1.807) is 36.4 Å². The molecular weight excluding hydrogens is 520 g/mol. The minimum Gasteiger partial charge on any atom is -0.480 e. The van der Waals surface area contributed by atoms with Gasteiger partial charge in [-0.25, -0.2) is 8.42 Å². The molecule has 3 aromatic carbocycles. The smallest absolute Gasteiger partial charge is 0.322 e. The van der Waals surface area contributed by atoms with Gasteiger partial charge >= 0.3 is 5.97 Å². The molecule has 0 unspecified atom stereocenters. The van der Waals surface area contributed by atoms with Crippen LogP contribution in [0.5, 0.6) is 0 Å². The zero-order valence-corrected chi connectivity index (χ0v) is 23.1. The van der Waals surface area contributed by atoms with E-state index in [9.17, 15) is 18.3 Å². The molecule has 40 heavy (non-hydrogen) atoms. The Bertz CT molecular complexity index is 1710. The first-order chi connectivity index (χ1) is 19.4. The summed E-state index contributed by atoms with van der Waals surface area (Å²) in [5.41, 5.74) is 7.52. The maximum Gasteiger partial charge on any atom is 0.322 e. The van der Waals surface area contributed by atoms with Crippen molar-refractivity contribution in [2.24, 2.45) is 0 Å². The Hall–Kier alpha value is -4.20. The van der Waals surface area contributed by atoms with Gasteiger partial charge in [-0.3, -0.25) is 4.79 Å². The van der Waals surface area contributed by atoms with E-state index in [1.807, 2.05) is 24.3 Å². The minimum absolute atomic E-state index is 0.0215. The average Bonchev–Trinajstić information content (AvgIpc) is 3.35. The second kappa shape index (κ2) is 11.9. The van der Waals surface area contributed by atoms with Gasteiger partial charge in [0.05, 0.1) is 4.90 Å². The molecule has 0 aliphatic rings. The SMILES string of the molecule is CCCCc1c(-c2ccc(-c3ccc(S(=O)(=O)N[C@@H](Cc4ccccc4)C(=O)O)cc3)cc2)cn2ccccc12. The van der Waals surface area contributed by atoms with Gasteiger partial charge in [-0.15, -0.1) is 0 Å². The standard InChI is InChI=1S/C33H32N2O4S/c1-2-3-11-29-30(23-35-21-8-7-12-32(29)35)27-15-13-25(14-16-27)26-17-19-28(20-18-26)40(38,39)34-31(33(36)37)22-24-9-5-4-6-10-24/h4-10,12-21,23,31,34H,2-3,11,22H2,1H3,(H,36,37)/t31-/m0/s1. The molecule has 0 bridgehead atoms. The molecule has 0 saturated heterocycles. The minimum atomic E-state index is -4.02. The molecule has 2 N–H and O–H groups in total. The fourth-order valence-electron chi connectivity index (χ4n) is 5.00. The van der Waals surface area contributed by atoms with Gasteiger partial charge < -0.3 is 9.51 Å². The Kier molecular flexibility index (Phi) is 8.14. The second-order valence-electron chi connectivity index (χ2n) is 9.92. The zero-order chi connectivity index (χ0) is 28.1. The molecule has 0 aliphatic carbocycles. The second-order valence-corrected chi connectivity index (χ2v) is 11.6. The summed E-state index contributed by atoms with van der Waals surface area (Å²) in [4.78, 5) is 11.8. The Morgan fingerprint density at radius 3 is 2.12 bits per heavy atom. The monoisotopic (exact) mass is 552 g/mol. The van der Waals surface area contributed by atoms with Crippen molar-refractivity contribution in [1.82, 2.24) is 9.12 Å². The number of fused-ring (bicyclic) bond motifs is 1. The van der Waals surface area contributed by atoms with Crippen molar-refractivity contribution in [3.05, 3.63) is 121 Å². The average molecular weight is 553 g/mol. The van der Waals surface area contributed by atoms with Gasteiger partial charge in [-0.2, -0.15) is 4.72 Å². The number of aromatic nitrogens is 1. The van der Waals surface area contributed by atoms with Gasteiger partial charge in [0.25, 0.3) is 0 Å². The van der Waals surface area contributed by atoms with Crippen LogP contribution < -0.4 is 4.72 Å². The number of benzene rings is 3. The molecule has 0 spiro atoms. The fourth-order valence-corrected chi connectivity index (χ4v) is 6.19. The van der Waals surface area contributed by atoms with Crippen molar-refractivity contribution in [2.45, 2.75) is 43.5 Å². The number of carboxylic acid groups (broad SMARTS) is 1. The molecule has 0 saturated carbocycles. The number of hydrogen-bond donors (Lipinski definition) is 2. The quantitative estimate of drug-likeness (QED) is 0.194. The molecule has 0 aliphatic heterocycles. The predicted octanol–water partition coefficient (Wildman–Crippen LogP) is 6.59. The lowest BCUT2D eigenvalue weighted by Gasteiger charge is -2.15. The van der Waals surface area contributed by atoms with Crippen LogP contribution in [0.15, 0.2) is 114 Å². The summed E-state index contributed by atoms with van der Waals surface area (Å²) in [6.07, 6.45) is 7.60. The van der Waals surface area contributed by atoms with E-state index < -0.39 is 22.0 Å². The third-order valence-electron chi connectivity index (χ3n) is 7.14. The highest BCUT2D eigenvalue weighted by Crippen LogP contribution is 2.32. The number of unbranched alkanes of at least 4 members (excludes halogenated alkanes) is 1. The molecule has 5 aromatic rings. The number of sulfonamides is 1. The van der Waals surface area contributed by atoms with Crippen LogP contribution in [0.4, 0.5) is 0 Å². The van der Waals surface area contributed by atoms with Crippen LogP contribution in [-0.2, 0) is 27.7 Å². The lowest BCUT2D eigenvalue weighted by atomic mass is 9.97.